The molecule has 2 aromatic carbocycles. The Bertz CT molecular complexity index is 454. The van der Waals surface area contributed by atoms with Crippen molar-refractivity contribution in [2.45, 2.75) is 13.5 Å². The molecule has 0 aliphatic heterocycles. The van der Waals surface area contributed by atoms with Crippen molar-refractivity contribution < 1.29 is 9.53 Å². The maximum atomic E-state index is 10.2. The molecule has 0 aliphatic rings. The van der Waals surface area contributed by atoms with Gasteiger partial charge < -0.3 is 4.74 Å². The number of hydrogen-bond acceptors (Lipinski definition) is 2. The summed E-state index contributed by atoms with van der Waals surface area (Å²) in [7, 11) is 0. The second-order valence-corrected chi connectivity index (χ2v) is 3.98. The van der Waals surface area contributed by atoms with Crippen molar-refractivity contribution in [1.82, 2.24) is 0 Å². The number of aryl methyl sites for hydroxylation is 1. The summed E-state index contributed by atoms with van der Waals surface area (Å²) in [6.07, 6.45) is 0. The van der Waals surface area contributed by atoms with Gasteiger partial charge in [0.1, 0.15) is 6.61 Å². The van der Waals surface area contributed by atoms with Gasteiger partial charge in [0.15, 0.2) is 0 Å². The predicted molar refractivity (Wildman–Crippen MR) is 73.7 cm³/mol. The van der Waals surface area contributed by atoms with Gasteiger partial charge in [-0.2, -0.15) is 0 Å². The van der Waals surface area contributed by atoms with E-state index in [1.165, 1.54) is 5.56 Å². The number of ether oxygens (including phenoxy) is 1. The first-order chi connectivity index (χ1) is 8.68. The number of carbonyl (C=O) groups is 1. The zero-order valence-corrected chi connectivity index (χ0v) is 10.9. The summed E-state index contributed by atoms with van der Waals surface area (Å²) >= 11 is 4.97. The lowest BCUT2D eigenvalue weighted by Gasteiger charge is -1.98. The van der Waals surface area contributed by atoms with Crippen LogP contribution in [0.1, 0.15) is 11.1 Å². The van der Waals surface area contributed by atoms with Crippen molar-refractivity contribution in [2.75, 3.05) is 0 Å². The third-order valence-electron chi connectivity index (χ3n) is 2.14. The van der Waals surface area contributed by atoms with Crippen LogP contribution in [0, 0.1) is 6.92 Å². The van der Waals surface area contributed by atoms with Crippen molar-refractivity contribution in [2.24, 2.45) is 0 Å². The third-order valence-corrected chi connectivity index (χ3v) is 2.24. The number of benzene rings is 2. The Balaban J connectivity index is 0.000000199. The summed E-state index contributed by atoms with van der Waals surface area (Å²) < 4.78 is 4.55. The van der Waals surface area contributed by atoms with E-state index in [1.807, 2.05) is 48.5 Å². The summed E-state index contributed by atoms with van der Waals surface area (Å²) in [6.45, 7) is 2.32. The second kappa shape index (κ2) is 8.31. The van der Waals surface area contributed by atoms with E-state index in [0.29, 0.717) is 0 Å². The van der Waals surface area contributed by atoms with Crippen LogP contribution >= 0.6 is 11.6 Å². The minimum absolute atomic E-state index is 0.239. The second-order valence-electron chi connectivity index (χ2n) is 3.67. The molecule has 0 radical (unpaired) electrons. The molecule has 94 valence electrons. The average molecular weight is 263 g/mol. The number of rotatable bonds is 2. The zero-order chi connectivity index (χ0) is 13.2. The van der Waals surface area contributed by atoms with Gasteiger partial charge in [-0.1, -0.05) is 66.2 Å². The molecular formula is C15H15ClO2. The van der Waals surface area contributed by atoms with Gasteiger partial charge >= 0.3 is 5.43 Å². The lowest BCUT2D eigenvalue weighted by atomic mass is 10.2. The van der Waals surface area contributed by atoms with Gasteiger partial charge in [0, 0.05) is 11.6 Å². The molecule has 0 spiro atoms. The Morgan fingerprint density at radius 1 is 1.00 bits per heavy atom. The highest BCUT2D eigenvalue weighted by atomic mass is 35.5. The normalized spacial score (nSPS) is 9.00. The highest BCUT2D eigenvalue weighted by Crippen LogP contribution is 2.01. The smallest absolute Gasteiger partial charge is 0.404 e. The van der Waals surface area contributed by atoms with E-state index in [0.717, 1.165) is 5.56 Å². The lowest BCUT2D eigenvalue weighted by Crippen LogP contribution is -1.93. The van der Waals surface area contributed by atoms with Crippen LogP contribution in [0.2, 0.25) is 0 Å². The molecule has 0 saturated heterocycles. The molecule has 18 heavy (non-hydrogen) atoms. The van der Waals surface area contributed by atoms with E-state index in [9.17, 15) is 4.79 Å². The number of halogens is 1. The first-order valence-electron chi connectivity index (χ1n) is 5.56. The lowest BCUT2D eigenvalue weighted by molar-refractivity contribution is 0.167. The molecule has 0 bridgehead atoms. The van der Waals surface area contributed by atoms with Crippen LogP contribution in [0.3, 0.4) is 0 Å². The molecule has 0 heterocycles. The van der Waals surface area contributed by atoms with Gasteiger partial charge in [0.2, 0.25) is 0 Å². The van der Waals surface area contributed by atoms with Crippen LogP contribution in [0.4, 0.5) is 4.79 Å². The van der Waals surface area contributed by atoms with E-state index in [-0.39, 0.29) is 6.61 Å². The molecule has 0 atom stereocenters. The number of carbonyl (C=O) groups excluding carboxylic acids is 1. The molecule has 0 aliphatic carbocycles. The minimum Gasteiger partial charge on any atom is -0.449 e. The highest BCUT2D eigenvalue weighted by molar-refractivity contribution is 6.61. The van der Waals surface area contributed by atoms with Crippen LogP contribution in [0.5, 0.6) is 0 Å². The van der Waals surface area contributed by atoms with Crippen molar-refractivity contribution in [1.29, 1.82) is 0 Å². The van der Waals surface area contributed by atoms with E-state index >= 15 is 0 Å². The van der Waals surface area contributed by atoms with Gasteiger partial charge in [-0.15, -0.1) is 0 Å². The summed E-state index contributed by atoms with van der Waals surface area (Å²) in [4.78, 5) is 10.2. The minimum atomic E-state index is -0.770. The van der Waals surface area contributed by atoms with E-state index in [1.54, 1.807) is 0 Å². The molecule has 0 unspecified atom stereocenters. The summed E-state index contributed by atoms with van der Waals surface area (Å²) in [5.74, 6) is 0. The van der Waals surface area contributed by atoms with Gasteiger partial charge in [-0.05, 0) is 12.5 Å². The van der Waals surface area contributed by atoms with Crippen LogP contribution in [0.15, 0.2) is 60.7 Å². The summed E-state index contributed by atoms with van der Waals surface area (Å²) in [6, 6.07) is 19.6. The van der Waals surface area contributed by atoms with Gasteiger partial charge in [0.25, 0.3) is 0 Å². The molecule has 0 fully saturated rings. The fraction of sp³-hybridized carbons (Fsp3) is 0.133. The number of hydrogen-bond donors (Lipinski definition) is 0. The summed E-state index contributed by atoms with van der Waals surface area (Å²) in [5, 5.41) is 0. The fourth-order valence-electron chi connectivity index (χ4n) is 1.25. The molecular weight excluding hydrogens is 248 g/mol. The Morgan fingerprint density at radius 2 is 1.50 bits per heavy atom. The molecule has 3 heteroatoms. The van der Waals surface area contributed by atoms with Crippen LogP contribution in [-0.2, 0) is 11.3 Å². The van der Waals surface area contributed by atoms with E-state index in [2.05, 4.69) is 23.8 Å². The van der Waals surface area contributed by atoms with Gasteiger partial charge in [-0.3, -0.25) is 0 Å². The third kappa shape index (κ3) is 6.71. The SMILES string of the molecule is Cc1ccccc1.O=C(Cl)OCc1ccccc1. The Labute approximate surface area is 112 Å². The van der Waals surface area contributed by atoms with Crippen LogP contribution in [0.25, 0.3) is 0 Å². The molecule has 0 aromatic heterocycles. The van der Waals surface area contributed by atoms with E-state index < -0.39 is 5.43 Å². The first kappa shape index (κ1) is 14.3. The molecule has 0 saturated carbocycles. The predicted octanol–water partition coefficient (Wildman–Crippen LogP) is 4.56. The maximum Gasteiger partial charge on any atom is 0.404 e. The Kier molecular flexibility index (Phi) is 6.59. The maximum absolute atomic E-state index is 10.2. The molecule has 2 aromatic rings. The molecule has 0 amide bonds. The molecule has 2 rings (SSSR count). The van der Waals surface area contributed by atoms with Crippen molar-refractivity contribution in [3.63, 3.8) is 0 Å². The standard InChI is InChI=1S/C8H7ClO2.C7H8/c9-8(10)11-6-7-4-2-1-3-5-7;1-7-5-3-2-4-6-7/h1-5H,6H2;2-6H,1H3. The highest BCUT2D eigenvalue weighted by Gasteiger charge is 1.95. The molecule has 0 N–H and O–H groups in total. The monoisotopic (exact) mass is 262 g/mol. The van der Waals surface area contributed by atoms with Crippen molar-refractivity contribution in [3.05, 3.63) is 71.8 Å². The molecule has 2 nitrogen and oxygen atoms in total. The van der Waals surface area contributed by atoms with Crippen molar-refractivity contribution in [3.8, 4) is 0 Å². The van der Waals surface area contributed by atoms with Gasteiger partial charge in [0.05, 0.1) is 0 Å². The van der Waals surface area contributed by atoms with Crippen LogP contribution < -0.4 is 0 Å². The quantitative estimate of drug-likeness (QED) is 0.742. The first-order valence-corrected chi connectivity index (χ1v) is 5.94. The average Bonchev–Trinajstić information content (AvgIpc) is 2.39. The fourth-order valence-corrected chi connectivity index (χ4v) is 1.30. The zero-order valence-electron chi connectivity index (χ0n) is 10.2. The Morgan fingerprint density at radius 3 is 1.89 bits per heavy atom. The topological polar surface area (TPSA) is 26.3 Å². The van der Waals surface area contributed by atoms with Crippen molar-refractivity contribution >= 4 is 17.0 Å². The van der Waals surface area contributed by atoms with Crippen LogP contribution in [-0.4, -0.2) is 5.43 Å². The Hall–Kier alpha value is -1.80. The van der Waals surface area contributed by atoms with E-state index in [4.69, 9.17) is 11.6 Å². The largest absolute Gasteiger partial charge is 0.449 e. The van der Waals surface area contributed by atoms with Gasteiger partial charge in [-0.25, -0.2) is 4.79 Å². The summed E-state index contributed by atoms with van der Waals surface area (Å²) in [5.41, 5.74) is 1.48.